The largest absolute Gasteiger partial charge is 0.308 e. The molecule has 0 aliphatic carbocycles. The van der Waals surface area contributed by atoms with Crippen LogP contribution >= 0.6 is 11.8 Å². The summed E-state index contributed by atoms with van der Waals surface area (Å²) < 4.78 is 30.5. The van der Waals surface area contributed by atoms with Crippen LogP contribution in [0.25, 0.3) is 0 Å². The Bertz CT molecular complexity index is 774. The Morgan fingerprint density at radius 2 is 1.68 bits per heavy atom. The van der Waals surface area contributed by atoms with Gasteiger partial charge in [-0.15, -0.1) is 11.8 Å². The number of thioether (sulfide) groups is 1. The molecule has 2 rings (SSSR count). The van der Waals surface area contributed by atoms with Gasteiger partial charge in [0.1, 0.15) is 0 Å². The van der Waals surface area contributed by atoms with Gasteiger partial charge in [0.05, 0.1) is 5.75 Å². The van der Waals surface area contributed by atoms with Crippen molar-refractivity contribution in [3.05, 3.63) is 65.7 Å². The van der Waals surface area contributed by atoms with E-state index in [9.17, 15) is 8.42 Å². The Balaban J connectivity index is 2.02. The average molecular weight is 380 g/mol. The van der Waals surface area contributed by atoms with Gasteiger partial charge in [0.25, 0.3) is 10.1 Å². The van der Waals surface area contributed by atoms with E-state index >= 15 is 0 Å². The lowest BCUT2D eigenvalue weighted by Crippen LogP contribution is -2.38. The average Bonchev–Trinajstić information content (AvgIpc) is 2.57. The van der Waals surface area contributed by atoms with Crippen LogP contribution in [0.2, 0.25) is 0 Å². The van der Waals surface area contributed by atoms with Gasteiger partial charge in [-0.05, 0) is 44.0 Å². The lowest BCUT2D eigenvalue weighted by atomic mass is 9.94. The van der Waals surface area contributed by atoms with Gasteiger partial charge in [-0.3, -0.25) is 4.55 Å². The summed E-state index contributed by atoms with van der Waals surface area (Å²) in [6.45, 7) is 4.69. The van der Waals surface area contributed by atoms with E-state index in [1.807, 2.05) is 30.3 Å². The Labute approximate surface area is 154 Å². The summed E-state index contributed by atoms with van der Waals surface area (Å²) in [4.78, 5) is 1.21. The molecule has 0 spiro atoms. The van der Waals surface area contributed by atoms with Crippen LogP contribution in [0.1, 0.15) is 31.4 Å². The van der Waals surface area contributed by atoms with Gasteiger partial charge in [-0.25, -0.2) is 0 Å². The molecule has 25 heavy (non-hydrogen) atoms. The zero-order valence-corrected chi connectivity index (χ0v) is 16.2. The van der Waals surface area contributed by atoms with E-state index in [2.05, 4.69) is 43.4 Å². The third kappa shape index (κ3) is 6.82. The van der Waals surface area contributed by atoms with Crippen LogP contribution in [0.5, 0.6) is 0 Å². The molecule has 0 aromatic heterocycles. The molecule has 0 fully saturated rings. The van der Waals surface area contributed by atoms with Crippen LogP contribution in [0.4, 0.5) is 0 Å². The van der Waals surface area contributed by atoms with Crippen LogP contribution in [0, 0.1) is 0 Å². The fraction of sp³-hybridized carbons (Fsp3) is 0.368. The van der Waals surface area contributed by atoms with Crippen molar-refractivity contribution in [1.29, 1.82) is 0 Å². The molecule has 0 saturated heterocycles. The number of hydrogen-bond donors (Lipinski definition) is 2. The van der Waals surface area contributed by atoms with Crippen molar-refractivity contribution in [1.82, 2.24) is 5.32 Å². The van der Waals surface area contributed by atoms with E-state index < -0.39 is 10.1 Å². The van der Waals surface area contributed by atoms with Gasteiger partial charge in [-0.2, -0.15) is 8.42 Å². The highest BCUT2D eigenvalue weighted by atomic mass is 32.2. The summed E-state index contributed by atoms with van der Waals surface area (Å²) in [6, 6.07) is 18.6. The molecular weight excluding hydrogens is 354 g/mol. The predicted molar refractivity (Wildman–Crippen MR) is 105 cm³/mol. The number of benzene rings is 2. The SMILES string of the molecule is CC(C)(NCCCS(=O)(=O)O)c1ccccc1SCc1ccccc1. The molecule has 0 heterocycles. The van der Waals surface area contributed by atoms with Crippen molar-refractivity contribution < 1.29 is 13.0 Å². The quantitative estimate of drug-likeness (QED) is 0.390. The number of rotatable bonds is 9. The highest BCUT2D eigenvalue weighted by Crippen LogP contribution is 2.32. The molecule has 136 valence electrons. The fourth-order valence-electron chi connectivity index (χ4n) is 2.59. The highest BCUT2D eigenvalue weighted by molar-refractivity contribution is 7.98. The molecule has 0 unspecified atom stereocenters. The van der Waals surface area contributed by atoms with E-state index in [1.54, 1.807) is 11.8 Å². The van der Waals surface area contributed by atoms with Gasteiger partial charge in [0.15, 0.2) is 0 Å². The minimum absolute atomic E-state index is 0.222. The van der Waals surface area contributed by atoms with E-state index in [-0.39, 0.29) is 11.3 Å². The Kier molecular flexibility index (Phi) is 7.07. The highest BCUT2D eigenvalue weighted by Gasteiger charge is 2.22. The van der Waals surface area contributed by atoms with Crippen LogP contribution in [-0.4, -0.2) is 25.3 Å². The molecular formula is C19H25NO3S2. The zero-order valence-electron chi connectivity index (χ0n) is 14.6. The maximum atomic E-state index is 10.8. The van der Waals surface area contributed by atoms with Crippen molar-refractivity contribution in [2.45, 2.75) is 36.5 Å². The lowest BCUT2D eigenvalue weighted by molar-refractivity contribution is 0.396. The van der Waals surface area contributed by atoms with Crippen molar-refractivity contribution in [2.75, 3.05) is 12.3 Å². The smallest absolute Gasteiger partial charge is 0.264 e. The van der Waals surface area contributed by atoms with Gasteiger partial charge in [0.2, 0.25) is 0 Å². The van der Waals surface area contributed by atoms with E-state index in [0.717, 1.165) is 5.75 Å². The predicted octanol–water partition coefficient (Wildman–Crippen LogP) is 4.08. The summed E-state index contributed by atoms with van der Waals surface area (Å²) >= 11 is 1.79. The Hall–Kier alpha value is -1.34. The second kappa shape index (κ2) is 8.85. The first-order valence-corrected chi connectivity index (χ1v) is 10.8. The van der Waals surface area contributed by atoms with Crippen LogP contribution in [-0.2, 0) is 21.4 Å². The second-order valence-corrected chi connectivity index (χ2v) is 9.05. The second-order valence-electron chi connectivity index (χ2n) is 6.46. The molecule has 0 radical (unpaired) electrons. The van der Waals surface area contributed by atoms with Crippen molar-refractivity contribution in [3.63, 3.8) is 0 Å². The molecule has 6 heteroatoms. The third-order valence-corrected chi connectivity index (χ3v) is 5.89. The normalized spacial score (nSPS) is 12.3. The molecule has 2 aromatic carbocycles. The van der Waals surface area contributed by atoms with E-state index in [4.69, 9.17) is 4.55 Å². The minimum atomic E-state index is -3.90. The Morgan fingerprint density at radius 3 is 2.36 bits per heavy atom. The molecule has 0 aliphatic heterocycles. The maximum absolute atomic E-state index is 10.8. The summed E-state index contributed by atoms with van der Waals surface area (Å²) in [7, 11) is -3.90. The topological polar surface area (TPSA) is 66.4 Å². The first kappa shape index (κ1) is 20.0. The van der Waals surface area contributed by atoms with E-state index in [0.29, 0.717) is 13.0 Å². The molecule has 0 atom stereocenters. The molecule has 0 amide bonds. The summed E-state index contributed by atoms with van der Waals surface area (Å²) in [5, 5.41) is 3.40. The molecule has 0 saturated carbocycles. The van der Waals surface area contributed by atoms with Gasteiger partial charge >= 0.3 is 0 Å². The standard InChI is InChI=1S/C19H25NO3S2/c1-19(2,20-13-8-14-25(21,22)23)17-11-6-7-12-18(17)24-15-16-9-4-3-5-10-16/h3-7,9-12,20H,8,13-15H2,1-2H3,(H,21,22,23). The van der Waals surface area contributed by atoms with Crippen molar-refractivity contribution >= 4 is 21.9 Å². The first-order valence-electron chi connectivity index (χ1n) is 8.24. The summed E-state index contributed by atoms with van der Waals surface area (Å²) in [6.07, 6.45) is 0.377. The van der Waals surface area contributed by atoms with Crippen LogP contribution < -0.4 is 5.32 Å². The summed E-state index contributed by atoms with van der Waals surface area (Å²) in [5.41, 5.74) is 2.17. The monoisotopic (exact) mass is 379 g/mol. The molecule has 2 aromatic rings. The number of hydrogen-bond acceptors (Lipinski definition) is 4. The van der Waals surface area contributed by atoms with Gasteiger partial charge in [-0.1, -0.05) is 48.5 Å². The van der Waals surface area contributed by atoms with Crippen LogP contribution in [0.15, 0.2) is 59.5 Å². The lowest BCUT2D eigenvalue weighted by Gasteiger charge is -2.29. The minimum Gasteiger partial charge on any atom is -0.308 e. The van der Waals surface area contributed by atoms with Crippen molar-refractivity contribution in [3.8, 4) is 0 Å². The fourth-order valence-corrected chi connectivity index (χ4v) is 4.27. The van der Waals surface area contributed by atoms with E-state index in [1.165, 1.54) is 16.0 Å². The van der Waals surface area contributed by atoms with Crippen LogP contribution in [0.3, 0.4) is 0 Å². The summed E-state index contributed by atoms with van der Waals surface area (Å²) in [5.74, 6) is 0.678. The molecule has 4 nitrogen and oxygen atoms in total. The number of nitrogens with one attached hydrogen (secondary N) is 1. The third-order valence-electron chi connectivity index (χ3n) is 3.94. The van der Waals surface area contributed by atoms with Gasteiger partial charge < -0.3 is 5.32 Å². The van der Waals surface area contributed by atoms with Gasteiger partial charge in [0, 0.05) is 16.2 Å². The van der Waals surface area contributed by atoms with Crippen molar-refractivity contribution in [2.24, 2.45) is 0 Å². The Morgan fingerprint density at radius 1 is 1.04 bits per heavy atom. The molecule has 0 bridgehead atoms. The maximum Gasteiger partial charge on any atom is 0.264 e. The first-order chi connectivity index (χ1) is 11.8. The molecule has 2 N–H and O–H groups in total. The zero-order chi connectivity index (χ0) is 18.3. The molecule has 0 aliphatic rings.